The number of unbranched alkanes of at least 4 members (excludes halogenated alkanes) is 2. The predicted molar refractivity (Wildman–Crippen MR) is 65.3 cm³/mol. The highest BCUT2D eigenvalue weighted by Crippen LogP contribution is 2.25. The van der Waals surface area contributed by atoms with Gasteiger partial charge in [0.05, 0.1) is 6.10 Å². The van der Waals surface area contributed by atoms with Gasteiger partial charge in [0.15, 0.2) is 0 Å². The highest BCUT2D eigenvalue weighted by atomic mass is 35.5. The van der Waals surface area contributed by atoms with Crippen molar-refractivity contribution < 1.29 is 5.11 Å². The molecule has 0 fully saturated rings. The molecule has 1 N–H and O–H groups in total. The number of benzene rings is 1. The van der Waals surface area contributed by atoms with E-state index < -0.39 is 0 Å². The molecule has 0 saturated carbocycles. The van der Waals surface area contributed by atoms with Crippen molar-refractivity contribution in [2.75, 3.05) is 0 Å². The summed E-state index contributed by atoms with van der Waals surface area (Å²) >= 11 is 5.91. The first-order valence-corrected chi connectivity index (χ1v) is 5.97. The molecule has 1 unspecified atom stereocenters. The molecule has 1 aromatic carbocycles. The Morgan fingerprint density at radius 3 is 2.73 bits per heavy atom. The number of hydrogen-bond acceptors (Lipinski definition) is 1. The van der Waals surface area contributed by atoms with Crippen molar-refractivity contribution in [3.63, 3.8) is 0 Å². The largest absolute Gasteiger partial charge is 0.388 e. The third-order valence-electron chi connectivity index (χ3n) is 2.68. The van der Waals surface area contributed by atoms with Crippen LogP contribution in [0.25, 0.3) is 0 Å². The molecule has 0 aliphatic carbocycles. The Balaban J connectivity index is 2.64. The van der Waals surface area contributed by atoms with Crippen LogP contribution in [0.3, 0.4) is 0 Å². The quantitative estimate of drug-likeness (QED) is 0.744. The van der Waals surface area contributed by atoms with Gasteiger partial charge in [-0.1, -0.05) is 43.9 Å². The number of rotatable bonds is 5. The minimum absolute atomic E-state index is 0.366. The van der Waals surface area contributed by atoms with Crippen LogP contribution >= 0.6 is 11.6 Å². The molecule has 1 atom stereocenters. The molecule has 0 heterocycles. The van der Waals surface area contributed by atoms with Crippen LogP contribution in [-0.4, -0.2) is 5.11 Å². The van der Waals surface area contributed by atoms with Gasteiger partial charge in [-0.2, -0.15) is 0 Å². The van der Waals surface area contributed by atoms with Gasteiger partial charge in [0.1, 0.15) is 0 Å². The van der Waals surface area contributed by atoms with E-state index in [-0.39, 0.29) is 6.10 Å². The SMILES string of the molecule is CCCCCC(O)c1cc(Cl)ccc1C. The second-order valence-electron chi connectivity index (χ2n) is 4.01. The molecular weight excluding hydrogens is 208 g/mol. The second-order valence-corrected chi connectivity index (χ2v) is 4.45. The van der Waals surface area contributed by atoms with E-state index in [4.69, 9.17) is 11.6 Å². The summed E-state index contributed by atoms with van der Waals surface area (Å²) in [6.07, 6.45) is 3.89. The molecule has 1 nitrogen and oxygen atoms in total. The smallest absolute Gasteiger partial charge is 0.0793 e. The topological polar surface area (TPSA) is 20.2 Å². The molecule has 2 heteroatoms. The van der Waals surface area contributed by atoms with Gasteiger partial charge in [0.25, 0.3) is 0 Å². The second kappa shape index (κ2) is 6.14. The third kappa shape index (κ3) is 3.84. The van der Waals surface area contributed by atoms with E-state index in [2.05, 4.69) is 6.92 Å². The van der Waals surface area contributed by atoms with E-state index in [9.17, 15) is 5.11 Å². The summed E-state index contributed by atoms with van der Waals surface area (Å²) in [5, 5.41) is 10.7. The van der Waals surface area contributed by atoms with Crippen LogP contribution in [0.15, 0.2) is 18.2 Å². The minimum atomic E-state index is -0.366. The zero-order valence-corrected chi connectivity index (χ0v) is 10.2. The van der Waals surface area contributed by atoms with Crippen molar-refractivity contribution in [1.82, 2.24) is 0 Å². The fourth-order valence-corrected chi connectivity index (χ4v) is 1.89. The summed E-state index contributed by atoms with van der Waals surface area (Å²) in [7, 11) is 0. The normalized spacial score (nSPS) is 12.8. The number of hydrogen-bond donors (Lipinski definition) is 1. The van der Waals surface area contributed by atoms with E-state index in [0.29, 0.717) is 5.02 Å². The Morgan fingerprint density at radius 1 is 1.33 bits per heavy atom. The van der Waals surface area contributed by atoms with Crippen molar-refractivity contribution in [2.45, 2.75) is 45.6 Å². The van der Waals surface area contributed by atoms with Crippen LogP contribution in [0.4, 0.5) is 0 Å². The zero-order valence-electron chi connectivity index (χ0n) is 9.46. The monoisotopic (exact) mass is 226 g/mol. The number of aliphatic hydroxyl groups is 1. The standard InChI is InChI=1S/C13H19ClO/c1-3-4-5-6-13(15)12-9-11(14)8-7-10(12)2/h7-9,13,15H,3-6H2,1-2H3. The Kier molecular flexibility index (Phi) is 5.13. The van der Waals surface area contributed by atoms with Gasteiger partial charge in [0, 0.05) is 5.02 Å². The van der Waals surface area contributed by atoms with Crippen LogP contribution < -0.4 is 0 Å². The zero-order chi connectivity index (χ0) is 11.3. The lowest BCUT2D eigenvalue weighted by Gasteiger charge is -2.13. The summed E-state index contributed by atoms with van der Waals surface area (Å²) in [5.74, 6) is 0. The third-order valence-corrected chi connectivity index (χ3v) is 2.92. The summed E-state index contributed by atoms with van der Waals surface area (Å²) in [6, 6.07) is 5.69. The van der Waals surface area contributed by atoms with Gasteiger partial charge < -0.3 is 5.11 Å². The van der Waals surface area contributed by atoms with Crippen LogP contribution in [0, 0.1) is 6.92 Å². The van der Waals surface area contributed by atoms with E-state index in [1.807, 2.05) is 25.1 Å². The molecule has 0 saturated heterocycles. The van der Waals surface area contributed by atoms with Gasteiger partial charge in [0.2, 0.25) is 0 Å². The van der Waals surface area contributed by atoms with Gasteiger partial charge in [-0.25, -0.2) is 0 Å². The Morgan fingerprint density at radius 2 is 2.07 bits per heavy atom. The van der Waals surface area contributed by atoms with Crippen molar-refractivity contribution in [3.8, 4) is 0 Å². The lowest BCUT2D eigenvalue weighted by molar-refractivity contribution is 0.163. The average molecular weight is 227 g/mol. The van der Waals surface area contributed by atoms with E-state index >= 15 is 0 Å². The molecule has 84 valence electrons. The van der Waals surface area contributed by atoms with Crippen molar-refractivity contribution in [1.29, 1.82) is 0 Å². The Hall–Kier alpha value is -0.530. The molecule has 0 aromatic heterocycles. The molecule has 1 rings (SSSR count). The van der Waals surface area contributed by atoms with Crippen LogP contribution in [0.5, 0.6) is 0 Å². The maximum absolute atomic E-state index is 9.99. The first-order valence-electron chi connectivity index (χ1n) is 5.59. The van der Waals surface area contributed by atoms with Gasteiger partial charge in [-0.3, -0.25) is 0 Å². The predicted octanol–water partition coefficient (Wildman–Crippen LogP) is 4.26. The highest BCUT2D eigenvalue weighted by molar-refractivity contribution is 6.30. The van der Waals surface area contributed by atoms with Crippen molar-refractivity contribution >= 4 is 11.6 Å². The van der Waals surface area contributed by atoms with Crippen LogP contribution in [-0.2, 0) is 0 Å². The van der Waals surface area contributed by atoms with Gasteiger partial charge in [-0.15, -0.1) is 0 Å². The van der Waals surface area contributed by atoms with Crippen LogP contribution in [0.2, 0.25) is 5.02 Å². The summed E-state index contributed by atoms with van der Waals surface area (Å²) < 4.78 is 0. The average Bonchev–Trinajstić information content (AvgIpc) is 2.22. The Bertz CT molecular complexity index is 309. The first-order chi connectivity index (χ1) is 7.15. The first kappa shape index (κ1) is 12.5. The molecule has 0 aliphatic rings. The lowest BCUT2D eigenvalue weighted by Crippen LogP contribution is -2.00. The maximum atomic E-state index is 9.99. The molecule has 0 spiro atoms. The minimum Gasteiger partial charge on any atom is -0.388 e. The van der Waals surface area contributed by atoms with E-state index in [1.54, 1.807) is 0 Å². The molecule has 0 radical (unpaired) electrons. The van der Waals surface area contributed by atoms with Crippen molar-refractivity contribution in [3.05, 3.63) is 34.3 Å². The molecule has 15 heavy (non-hydrogen) atoms. The Labute approximate surface area is 97.1 Å². The number of aliphatic hydroxyl groups excluding tert-OH is 1. The lowest BCUT2D eigenvalue weighted by atomic mass is 9.99. The number of halogens is 1. The molecule has 0 amide bonds. The molecule has 0 aliphatic heterocycles. The highest BCUT2D eigenvalue weighted by Gasteiger charge is 2.10. The fourth-order valence-electron chi connectivity index (χ4n) is 1.71. The molecule has 1 aromatic rings. The van der Waals surface area contributed by atoms with E-state index in [0.717, 1.165) is 24.0 Å². The van der Waals surface area contributed by atoms with Crippen LogP contribution in [0.1, 0.15) is 49.8 Å². The molecular formula is C13H19ClO. The number of aryl methyl sites for hydroxylation is 1. The summed E-state index contributed by atoms with van der Waals surface area (Å²) in [5.41, 5.74) is 2.09. The fraction of sp³-hybridized carbons (Fsp3) is 0.538. The van der Waals surface area contributed by atoms with Gasteiger partial charge >= 0.3 is 0 Å². The van der Waals surface area contributed by atoms with E-state index in [1.165, 1.54) is 12.8 Å². The van der Waals surface area contributed by atoms with Crippen molar-refractivity contribution in [2.24, 2.45) is 0 Å². The maximum Gasteiger partial charge on any atom is 0.0793 e. The molecule has 0 bridgehead atoms. The van der Waals surface area contributed by atoms with Gasteiger partial charge in [-0.05, 0) is 36.6 Å². The summed E-state index contributed by atoms with van der Waals surface area (Å²) in [4.78, 5) is 0. The summed E-state index contributed by atoms with van der Waals surface area (Å²) in [6.45, 7) is 4.17.